The minimum absolute atomic E-state index is 0.180. The molecule has 2 aromatic rings. The molecule has 12 heteroatoms. The number of halogens is 5. The van der Waals surface area contributed by atoms with Crippen molar-refractivity contribution in [3.63, 3.8) is 0 Å². The summed E-state index contributed by atoms with van der Waals surface area (Å²) in [6.07, 6.45) is -4.74. The van der Waals surface area contributed by atoms with E-state index in [2.05, 4.69) is 20.0 Å². The van der Waals surface area contributed by atoms with Crippen LogP contribution in [0.5, 0.6) is 0 Å². The van der Waals surface area contributed by atoms with Crippen molar-refractivity contribution in [2.24, 2.45) is 0 Å². The van der Waals surface area contributed by atoms with Crippen molar-refractivity contribution in [3.05, 3.63) is 45.5 Å². The van der Waals surface area contributed by atoms with Crippen molar-refractivity contribution >= 4 is 35.0 Å². The molecule has 1 aromatic heterocycles. The number of aromatic nitrogens is 2. The van der Waals surface area contributed by atoms with E-state index in [-0.39, 0.29) is 28.0 Å². The van der Waals surface area contributed by atoms with Gasteiger partial charge in [0.2, 0.25) is 11.8 Å². The largest absolute Gasteiger partial charge is 0.455 e. The molecule has 1 aromatic carbocycles. The van der Waals surface area contributed by atoms with Crippen LogP contribution >= 0.6 is 23.2 Å². The van der Waals surface area contributed by atoms with Crippen LogP contribution < -0.4 is 5.32 Å². The predicted octanol–water partition coefficient (Wildman–Crippen LogP) is 2.78. The highest BCUT2D eigenvalue weighted by Crippen LogP contribution is 2.26. The maximum Gasteiger partial charge on any atom is 0.455 e. The molecule has 0 atom stereocenters. The second kappa shape index (κ2) is 7.92. The molecule has 0 spiro atoms. The molecule has 0 saturated carbocycles. The van der Waals surface area contributed by atoms with Crippen LogP contribution in [0.2, 0.25) is 10.0 Å². The van der Waals surface area contributed by atoms with Gasteiger partial charge in [-0.25, -0.2) is 0 Å². The number of hydrogen-bond acceptors (Lipinski definition) is 5. The van der Waals surface area contributed by atoms with E-state index in [9.17, 15) is 22.8 Å². The fourth-order valence-electron chi connectivity index (χ4n) is 1.76. The Morgan fingerprint density at radius 3 is 2.54 bits per heavy atom. The van der Waals surface area contributed by atoms with Crippen LogP contribution in [0.15, 0.2) is 22.7 Å². The molecule has 0 unspecified atom stereocenters. The van der Waals surface area contributed by atoms with E-state index >= 15 is 0 Å². The molecule has 2 rings (SSSR count). The van der Waals surface area contributed by atoms with Gasteiger partial charge in [0.25, 0.3) is 11.7 Å². The third-order valence-corrected chi connectivity index (χ3v) is 3.84. The first-order valence-electron chi connectivity index (χ1n) is 6.95. The number of alkyl halides is 3. The topological polar surface area (TPSA) is 88.3 Å². The van der Waals surface area contributed by atoms with Gasteiger partial charge in [-0.05, 0) is 18.2 Å². The molecule has 0 fully saturated rings. The number of carbonyl (C=O) groups is 2. The second-order valence-electron chi connectivity index (χ2n) is 5.07. The number of hydrogen-bond donors (Lipinski definition) is 1. The molecular formula is C14H11Cl2F3N4O3. The van der Waals surface area contributed by atoms with Crippen molar-refractivity contribution in [2.75, 3.05) is 13.6 Å². The van der Waals surface area contributed by atoms with Crippen LogP contribution in [0, 0.1) is 0 Å². The molecule has 0 aliphatic carbocycles. The lowest BCUT2D eigenvalue weighted by Crippen LogP contribution is -2.37. The fourth-order valence-corrected chi connectivity index (χ4v) is 2.05. The van der Waals surface area contributed by atoms with Gasteiger partial charge in [-0.2, -0.15) is 18.2 Å². The molecule has 0 aliphatic rings. The van der Waals surface area contributed by atoms with E-state index in [1.54, 1.807) is 0 Å². The highest BCUT2D eigenvalue weighted by atomic mass is 35.5. The highest BCUT2D eigenvalue weighted by molar-refractivity contribution is 6.42. The van der Waals surface area contributed by atoms with Gasteiger partial charge in [0, 0.05) is 12.6 Å². The zero-order valence-electron chi connectivity index (χ0n) is 13.1. The summed E-state index contributed by atoms with van der Waals surface area (Å²) in [7, 11) is 1.31. The highest BCUT2D eigenvalue weighted by Gasteiger charge is 2.37. The van der Waals surface area contributed by atoms with Gasteiger partial charge in [0.05, 0.1) is 23.1 Å². The third-order valence-electron chi connectivity index (χ3n) is 3.10. The lowest BCUT2D eigenvalue weighted by Gasteiger charge is -2.15. The summed E-state index contributed by atoms with van der Waals surface area (Å²) in [6.45, 7) is -0.736. The smallest absolute Gasteiger partial charge is 0.343 e. The lowest BCUT2D eigenvalue weighted by molar-refractivity contribution is -0.146. The lowest BCUT2D eigenvalue weighted by atomic mass is 10.2. The zero-order valence-corrected chi connectivity index (χ0v) is 14.6. The Morgan fingerprint density at radius 1 is 1.27 bits per heavy atom. The molecule has 0 saturated heterocycles. The predicted molar refractivity (Wildman–Crippen MR) is 84.6 cm³/mol. The Kier molecular flexibility index (Phi) is 6.09. The molecular weight excluding hydrogens is 400 g/mol. The molecule has 7 nitrogen and oxygen atoms in total. The maximum absolute atomic E-state index is 12.4. The SMILES string of the molecule is CN(Cc1nc(C(F)(F)F)no1)C(=O)CNC(=O)c1ccc(Cl)c(Cl)c1. The minimum Gasteiger partial charge on any atom is -0.343 e. The van der Waals surface area contributed by atoms with Crippen molar-refractivity contribution in [3.8, 4) is 0 Å². The number of likely N-dealkylation sites (N-methyl/N-ethyl adjacent to an activating group) is 1. The number of amides is 2. The first-order valence-corrected chi connectivity index (χ1v) is 7.70. The molecule has 140 valence electrons. The number of benzene rings is 1. The number of rotatable bonds is 5. The number of nitrogens with one attached hydrogen (secondary N) is 1. The van der Waals surface area contributed by atoms with Gasteiger partial charge in [0.1, 0.15) is 0 Å². The molecule has 26 heavy (non-hydrogen) atoms. The van der Waals surface area contributed by atoms with Gasteiger partial charge in [-0.15, -0.1) is 0 Å². The van der Waals surface area contributed by atoms with Crippen LogP contribution in [0.25, 0.3) is 0 Å². The van der Waals surface area contributed by atoms with E-state index in [0.717, 1.165) is 4.90 Å². The first kappa shape index (κ1) is 20.0. The summed E-state index contributed by atoms with van der Waals surface area (Å²) < 4.78 is 41.6. The van der Waals surface area contributed by atoms with E-state index in [1.807, 2.05) is 0 Å². The Morgan fingerprint density at radius 2 is 1.96 bits per heavy atom. The van der Waals surface area contributed by atoms with Gasteiger partial charge in [-0.3, -0.25) is 9.59 Å². The van der Waals surface area contributed by atoms with E-state index < -0.39 is 30.4 Å². The number of carbonyl (C=O) groups excluding carboxylic acids is 2. The van der Waals surface area contributed by atoms with Crippen molar-refractivity contribution in [1.82, 2.24) is 20.4 Å². The van der Waals surface area contributed by atoms with Gasteiger partial charge < -0.3 is 14.7 Å². The summed E-state index contributed by atoms with van der Waals surface area (Å²) in [5.41, 5.74) is 0.196. The molecule has 0 aliphatic heterocycles. The molecule has 1 heterocycles. The summed E-state index contributed by atoms with van der Waals surface area (Å²) >= 11 is 11.6. The standard InChI is InChI=1S/C14H11Cl2F3N4O3/c1-23(6-10-21-13(22-26-10)14(17,18)19)11(24)5-20-12(25)7-2-3-8(15)9(16)4-7/h2-4H,5-6H2,1H3,(H,20,25). The van der Waals surface area contributed by atoms with Crippen LogP contribution in [0.4, 0.5) is 13.2 Å². The Bertz CT molecular complexity index is 826. The molecule has 2 amide bonds. The average Bonchev–Trinajstić information content (AvgIpc) is 3.03. The summed E-state index contributed by atoms with van der Waals surface area (Å²) in [5, 5.41) is 5.61. The molecule has 0 radical (unpaired) electrons. The quantitative estimate of drug-likeness (QED) is 0.818. The van der Waals surface area contributed by atoms with Crippen molar-refractivity contribution < 1.29 is 27.3 Å². The first-order chi connectivity index (χ1) is 12.1. The zero-order chi connectivity index (χ0) is 19.5. The summed E-state index contributed by atoms with van der Waals surface area (Å²) in [5.74, 6) is -2.96. The van der Waals surface area contributed by atoms with E-state index in [1.165, 1.54) is 25.2 Å². The fraction of sp³-hybridized carbons (Fsp3) is 0.286. The van der Waals surface area contributed by atoms with Crippen molar-refractivity contribution in [2.45, 2.75) is 12.7 Å². The Hall–Kier alpha value is -2.33. The van der Waals surface area contributed by atoms with E-state index in [4.69, 9.17) is 23.2 Å². The van der Waals surface area contributed by atoms with Crippen molar-refractivity contribution in [1.29, 1.82) is 0 Å². The van der Waals surface area contributed by atoms with E-state index in [0.29, 0.717) is 0 Å². The van der Waals surface area contributed by atoms with Gasteiger partial charge >= 0.3 is 6.18 Å². The third kappa shape index (κ3) is 5.09. The Balaban J connectivity index is 1.89. The minimum atomic E-state index is -4.74. The average molecular weight is 411 g/mol. The number of nitrogens with zero attached hydrogens (tertiary/aromatic N) is 3. The molecule has 1 N–H and O–H groups in total. The maximum atomic E-state index is 12.4. The van der Waals surface area contributed by atoms with Crippen LogP contribution in [-0.2, 0) is 17.5 Å². The normalized spacial score (nSPS) is 11.3. The van der Waals surface area contributed by atoms with Gasteiger partial charge in [-0.1, -0.05) is 28.4 Å². The monoisotopic (exact) mass is 410 g/mol. The van der Waals surface area contributed by atoms with Crippen LogP contribution in [-0.4, -0.2) is 40.4 Å². The summed E-state index contributed by atoms with van der Waals surface area (Å²) in [4.78, 5) is 28.1. The second-order valence-corrected chi connectivity index (χ2v) is 5.89. The summed E-state index contributed by atoms with van der Waals surface area (Å²) in [6, 6.07) is 4.19. The van der Waals surface area contributed by atoms with Crippen LogP contribution in [0.3, 0.4) is 0 Å². The van der Waals surface area contributed by atoms with Gasteiger partial charge in [0.15, 0.2) is 0 Å². The Labute approximate surface area is 155 Å². The van der Waals surface area contributed by atoms with Crippen LogP contribution in [0.1, 0.15) is 22.1 Å². The molecule has 0 bridgehead atoms.